The summed E-state index contributed by atoms with van der Waals surface area (Å²) in [6, 6.07) is 10.5. The standard InChI is InChI=1S/C20H19F4NO2/c21-17-6-2-4-15(12-17)19(7-9-27-10-8-19)13-25-18(26)14-3-1-5-16(11-14)20(22,23)24/h1-6,11-12H,7-10,13H2,(H,25,26). The number of nitrogens with one attached hydrogen (secondary N) is 1. The first-order valence-corrected chi connectivity index (χ1v) is 8.59. The predicted molar refractivity (Wildman–Crippen MR) is 91.9 cm³/mol. The highest BCUT2D eigenvalue weighted by Gasteiger charge is 2.35. The van der Waals surface area contributed by atoms with Gasteiger partial charge in [0, 0.05) is 30.7 Å². The normalized spacial score (nSPS) is 16.7. The van der Waals surface area contributed by atoms with Crippen LogP contribution >= 0.6 is 0 Å². The van der Waals surface area contributed by atoms with Crippen molar-refractivity contribution in [2.24, 2.45) is 0 Å². The fourth-order valence-corrected chi connectivity index (χ4v) is 3.34. The van der Waals surface area contributed by atoms with Crippen LogP contribution in [0.3, 0.4) is 0 Å². The molecule has 27 heavy (non-hydrogen) atoms. The molecule has 144 valence electrons. The van der Waals surface area contributed by atoms with Crippen LogP contribution < -0.4 is 5.32 Å². The van der Waals surface area contributed by atoms with Gasteiger partial charge in [0.1, 0.15) is 5.82 Å². The minimum atomic E-state index is -4.51. The Morgan fingerprint density at radius 1 is 1.07 bits per heavy atom. The molecule has 0 aliphatic carbocycles. The van der Waals surface area contributed by atoms with Crippen molar-refractivity contribution in [2.45, 2.75) is 24.4 Å². The van der Waals surface area contributed by atoms with Gasteiger partial charge in [-0.2, -0.15) is 13.2 Å². The molecule has 1 saturated heterocycles. The number of carbonyl (C=O) groups excluding carboxylic acids is 1. The van der Waals surface area contributed by atoms with Crippen LogP contribution in [0.25, 0.3) is 0 Å². The molecule has 1 N–H and O–H groups in total. The first-order valence-electron chi connectivity index (χ1n) is 8.59. The van der Waals surface area contributed by atoms with E-state index in [-0.39, 0.29) is 17.9 Å². The summed E-state index contributed by atoms with van der Waals surface area (Å²) in [5.74, 6) is -0.967. The van der Waals surface area contributed by atoms with Gasteiger partial charge in [0.15, 0.2) is 0 Å². The van der Waals surface area contributed by atoms with E-state index in [1.54, 1.807) is 12.1 Å². The fraction of sp³-hybridized carbons (Fsp3) is 0.350. The molecule has 3 rings (SSSR count). The number of hydrogen-bond donors (Lipinski definition) is 1. The average molecular weight is 381 g/mol. The SMILES string of the molecule is O=C(NCC1(c2cccc(F)c2)CCOCC1)c1cccc(C(F)(F)F)c1. The van der Waals surface area contributed by atoms with Gasteiger partial charge in [-0.1, -0.05) is 18.2 Å². The van der Waals surface area contributed by atoms with Crippen molar-refractivity contribution in [1.82, 2.24) is 5.32 Å². The van der Waals surface area contributed by atoms with E-state index in [2.05, 4.69) is 5.32 Å². The van der Waals surface area contributed by atoms with Gasteiger partial charge in [0.25, 0.3) is 5.91 Å². The summed E-state index contributed by atoms with van der Waals surface area (Å²) in [5.41, 5.74) is -0.708. The maximum absolute atomic E-state index is 13.7. The van der Waals surface area contributed by atoms with Crippen molar-refractivity contribution in [3.05, 3.63) is 71.0 Å². The number of hydrogen-bond acceptors (Lipinski definition) is 2. The molecule has 0 unspecified atom stereocenters. The number of benzene rings is 2. The van der Waals surface area contributed by atoms with Gasteiger partial charge >= 0.3 is 6.18 Å². The lowest BCUT2D eigenvalue weighted by molar-refractivity contribution is -0.137. The molecule has 0 bridgehead atoms. The molecule has 7 heteroatoms. The van der Waals surface area contributed by atoms with Crippen LogP contribution in [-0.2, 0) is 16.3 Å². The Bertz CT molecular complexity index is 814. The maximum atomic E-state index is 13.7. The largest absolute Gasteiger partial charge is 0.416 e. The monoisotopic (exact) mass is 381 g/mol. The third kappa shape index (κ3) is 4.47. The zero-order valence-electron chi connectivity index (χ0n) is 14.5. The molecule has 0 saturated carbocycles. The highest BCUT2D eigenvalue weighted by atomic mass is 19.4. The summed E-state index contributed by atoms with van der Waals surface area (Å²) < 4.78 is 57.6. The maximum Gasteiger partial charge on any atom is 0.416 e. The Morgan fingerprint density at radius 3 is 2.44 bits per heavy atom. The van der Waals surface area contributed by atoms with Gasteiger partial charge in [0.05, 0.1) is 5.56 Å². The molecule has 1 aliphatic heterocycles. The van der Waals surface area contributed by atoms with E-state index in [0.717, 1.165) is 17.7 Å². The lowest BCUT2D eigenvalue weighted by Crippen LogP contribution is -2.44. The second-order valence-corrected chi connectivity index (χ2v) is 6.66. The van der Waals surface area contributed by atoms with E-state index in [0.29, 0.717) is 26.1 Å². The Balaban J connectivity index is 1.79. The number of carbonyl (C=O) groups is 1. The van der Waals surface area contributed by atoms with Crippen molar-refractivity contribution in [3.63, 3.8) is 0 Å². The number of alkyl halides is 3. The first-order chi connectivity index (χ1) is 12.8. The average Bonchev–Trinajstić information content (AvgIpc) is 2.66. The van der Waals surface area contributed by atoms with Gasteiger partial charge in [-0.25, -0.2) is 4.39 Å². The molecular formula is C20H19F4NO2. The summed E-state index contributed by atoms with van der Waals surface area (Å²) in [6.07, 6.45) is -3.35. The minimum absolute atomic E-state index is 0.0636. The van der Waals surface area contributed by atoms with Gasteiger partial charge in [0.2, 0.25) is 0 Å². The molecule has 2 aromatic carbocycles. The minimum Gasteiger partial charge on any atom is -0.381 e. The second-order valence-electron chi connectivity index (χ2n) is 6.66. The van der Waals surface area contributed by atoms with Gasteiger partial charge in [-0.15, -0.1) is 0 Å². The smallest absolute Gasteiger partial charge is 0.381 e. The zero-order valence-corrected chi connectivity index (χ0v) is 14.5. The first kappa shape index (κ1) is 19.4. The number of halogens is 4. The molecule has 0 radical (unpaired) electrons. The Hall–Kier alpha value is -2.41. The molecule has 1 amide bonds. The third-order valence-corrected chi connectivity index (χ3v) is 4.93. The molecule has 0 atom stereocenters. The van der Waals surface area contributed by atoms with Crippen molar-refractivity contribution < 1.29 is 27.1 Å². The van der Waals surface area contributed by atoms with E-state index in [1.165, 1.54) is 24.3 Å². The highest BCUT2D eigenvalue weighted by Crippen LogP contribution is 2.35. The fourth-order valence-electron chi connectivity index (χ4n) is 3.34. The van der Waals surface area contributed by atoms with Crippen molar-refractivity contribution in [2.75, 3.05) is 19.8 Å². The van der Waals surface area contributed by atoms with E-state index in [4.69, 9.17) is 4.74 Å². The molecule has 2 aromatic rings. The zero-order chi connectivity index (χ0) is 19.5. The number of rotatable bonds is 4. The summed E-state index contributed by atoms with van der Waals surface area (Å²) >= 11 is 0. The van der Waals surface area contributed by atoms with Crippen LogP contribution in [0.5, 0.6) is 0 Å². The number of ether oxygens (including phenoxy) is 1. The lowest BCUT2D eigenvalue weighted by Gasteiger charge is -2.38. The van der Waals surface area contributed by atoms with Gasteiger partial charge in [-0.05, 0) is 48.7 Å². The summed E-state index contributed by atoms with van der Waals surface area (Å²) in [5, 5.41) is 2.72. The summed E-state index contributed by atoms with van der Waals surface area (Å²) in [4.78, 5) is 12.4. The molecule has 3 nitrogen and oxygen atoms in total. The van der Waals surface area contributed by atoms with Crippen LogP contribution in [-0.4, -0.2) is 25.7 Å². The van der Waals surface area contributed by atoms with E-state index < -0.39 is 23.1 Å². The van der Waals surface area contributed by atoms with Crippen molar-refractivity contribution in [3.8, 4) is 0 Å². The molecule has 0 aromatic heterocycles. The van der Waals surface area contributed by atoms with Gasteiger partial charge < -0.3 is 10.1 Å². The highest BCUT2D eigenvalue weighted by molar-refractivity contribution is 5.94. The van der Waals surface area contributed by atoms with Crippen LogP contribution in [0.1, 0.15) is 34.3 Å². The topological polar surface area (TPSA) is 38.3 Å². The van der Waals surface area contributed by atoms with E-state index >= 15 is 0 Å². The molecule has 0 spiro atoms. The Morgan fingerprint density at radius 2 is 1.78 bits per heavy atom. The van der Waals surface area contributed by atoms with Crippen LogP contribution in [0, 0.1) is 5.82 Å². The van der Waals surface area contributed by atoms with Crippen molar-refractivity contribution in [1.29, 1.82) is 0 Å². The van der Waals surface area contributed by atoms with Crippen LogP contribution in [0.4, 0.5) is 17.6 Å². The quantitative estimate of drug-likeness (QED) is 0.801. The summed E-state index contributed by atoms with van der Waals surface area (Å²) in [7, 11) is 0. The Labute approximate surface area is 154 Å². The van der Waals surface area contributed by atoms with E-state index in [1.807, 2.05) is 0 Å². The second kappa shape index (κ2) is 7.68. The molecule has 1 fully saturated rings. The molecule has 1 heterocycles. The lowest BCUT2D eigenvalue weighted by atomic mass is 9.74. The van der Waals surface area contributed by atoms with Crippen LogP contribution in [0.2, 0.25) is 0 Å². The summed E-state index contributed by atoms with van der Waals surface area (Å²) in [6.45, 7) is 1.13. The van der Waals surface area contributed by atoms with Crippen molar-refractivity contribution >= 4 is 5.91 Å². The third-order valence-electron chi connectivity index (χ3n) is 4.93. The Kier molecular flexibility index (Phi) is 5.51. The van der Waals surface area contributed by atoms with Gasteiger partial charge in [-0.3, -0.25) is 4.79 Å². The molecule has 1 aliphatic rings. The van der Waals surface area contributed by atoms with Crippen LogP contribution in [0.15, 0.2) is 48.5 Å². The number of amides is 1. The molecular weight excluding hydrogens is 362 g/mol. The van der Waals surface area contributed by atoms with E-state index in [9.17, 15) is 22.4 Å². The predicted octanol–water partition coefficient (Wildman–Crippen LogP) is 4.32.